The van der Waals surface area contributed by atoms with E-state index in [1.807, 2.05) is 86.8 Å². The molecule has 0 unspecified atom stereocenters. The molecule has 9 nitrogen and oxygen atoms in total. The molecule has 0 aliphatic heterocycles. The molecule has 4 aromatic rings. The van der Waals surface area contributed by atoms with Crippen LogP contribution in [-0.2, 0) is 16.0 Å². The zero-order valence-electron chi connectivity index (χ0n) is 27.2. The maximum absolute atomic E-state index is 13.3. The molecular formula is C36H42N4O5. The summed E-state index contributed by atoms with van der Waals surface area (Å²) < 4.78 is 19.1. The number of carbonyl (C=O) groups is 2. The van der Waals surface area contributed by atoms with E-state index in [9.17, 15) is 9.59 Å². The topological polar surface area (TPSA) is 86.1 Å². The first kappa shape index (κ1) is 32.9. The minimum atomic E-state index is -0.150. The van der Waals surface area contributed by atoms with Gasteiger partial charge in [-0.25, -0.2) is 4.68 Å². The van der Waals surface area contributed by atoms with Gasteiger partial charge in [0.05, 0.1) is 25.6 Å². The Balaban J connectivity index is 1.69. The standard InChI is InChI=1S/C36H42N4O5/c1-8-20-39(5)34(41)19-18-32-25(2)37-40(28-12-10-9-11-13-28)36(32)45-29-16-14-27(15-17-29)33(35(42)38(3)4)23-26-21-30(43-6)24-31(22-26)44-7/h9-17,21-24H,8,18-20H2,1-7H3. The molecule has 0 aliphatic rings. The van der Waals surface area contributed by atoms with E-state index in [2.05, 4.69) is 6.92 Å². The second kappa shape index (κ2) is 15.1. The molecule has 3 aromatic carbocycles. The van der Waals surface area contributed by atoms with Crippen molar-refractivity contribution in [2.45, 2.75) is 33.1 Å². The van der Waals surface area contributed by atoms with Gasteiger partial charge in [0.15, 0.2) is 0 Å². The summed E-state index contributed by atoms with van der Waals surface area (Å²) in [5, 5.41) is 4.79. The van der Waals surface area contributed by atoms with Crippen LogP contribution in [0.1, 0.15) is 42.1 Å². The summed E-state index contributed by atoms with van der Waals surface area (Å²) in [6.45, 7) is 4.71. The van der Waals surface area contributed by atoms with E-state index in [4.69, 9.17) is 19.3 Å². The Morgan fingerprint density at radius 2 is 1.53 bits per heavy atom. The summed E-state index contributed by atoms with van der Waals surface area (Å²) in [6.07, 6.45) is 3.57. The normalized spacial score (nSPS) is 11.2. The van der Waals surface area contributed by atoms with Crippen LogP contribution in [0.2, 0.25) is 0 Å². The highest BCUT2D eigenvalue weighted by molar-refractivity contribution is 6.24. The Labute approximate surface area is 265 Å². The van der Waals surface area contributed by atoms with Crippen molar-refractivity contribution in [2.24, 2.45) is 0 Å². The van der Waals surface area contributed by atoms with Gasteiger partial charge in [-0.1, -0.05) is 37.3 Å². The molecule has 0 N–H and O–H groups in total. The number of ether oxygens (including phenoxy) is 3. The summed E-state index contributed by atoms with van der Waals surface area (Å²) in [4.78, 5) is 29.4. The Morgan fingerprint density at radius 3 is 2.11 bits per heavy atom. The van der Waals surface area contributed by atoms with Gasteiger partial charge < -0.3 is 24.0 Å². The van der Waals surface area contributed by atoms with E-state index in [1.54, 1.807) is 48.9 Å². The molecule has 0 atom stereocenters. The molecule has 9 heteroatoms. The van der Waals surface area contributed by atoms with Crippen molar-refractivity contribution in [1.82, 2.24) is 19.6 Å². The minimum Gasteiger partial charge on any atom is -0.497 e. The highest BCUT2D eigenvalue weighted by atomic mass is 16.5. The number of rotatable bonds is 13. The molecule has 236 valence electrons. The van der Waals surface area contributed by atoms with Crippen LogP contribution in [0.25, 0.3) is 17.3 Å². The van der Waals surface area contributed by atoms with Crippen molar-refractivity contribution in [3.05, 3.63) is 95.2 Å². The van der Waals surface area contributed by atoms with E-state index in [0.717, 1.165) is 41.0 Å². The van der Waals surface area contributed by atoms with Crippen molar-refractivity contribution in [3.63, 3.8) is 0 Å². The molecule has 0 radical (unpaired) electrons. The largest absolute Gasteiger partial charge is 0.497 e. The lowest BCUT2D eigenvalue weighted by Crippen LogP contribution is -2.27. The van der Waals surface area contributed by atoms with E-state index < -0.39 is 0 Å². The summed E-state index contributed by atoms with van der Waals surface area (Å²) in [6, 6.07) is 22.6. The number of likely N-dealkylation sites (N-methyl/N-ethyl adjacent to an activating group) is 1. The van der Waals surface area contributed by atoms with Gasteiger partial charge in [0.1, 0.15) is 17.2 Å². The van der Waals surface area contributed by atoms with Crippen molar-refractivity contribution in [2.75, 3.05) is 41.9 Å². The maximum Gasteiger partial charge on any atom is 0.253 e. The fourth-order valence-corrected chi connectivity index (χ4v) is 4.96. The molecule has 0 saturated carbocycles. The number of hydrogen-bond donors (Lipinski definition) is 0. The summed E-state index contributed by atoms with van der Waals surface area (Å²) in [5.74, 6) is 2.31. The van der Waals surface area contributed by atoms with E-state index in [1.165, 1.54) is 0 Å². The predicted molar refractivity (Wildman–Crippen MR) is 177 cm³/mol. The number of amides is 2. The third-order valence-corrected chi connectivity index (χ3v) is 7.41. The van der Waals surface area contributed by atoms with Crippen molar-refractivity contribution in [1.29, 1.82) is 0 Å². The second-order valence-corrected chi connectivity index (χ2v) is 11.0. The number of hydrogen-bond acceptors (Lipinski definition) is 6. The van der Waals surface area contributed by atoms with Crippen LogP contribution in [0.15, 0.2) is 72.8 Å². The van der Waals surface area contributed by atoms with E-state index in [0.29, 0.717) is 41.5 Å². The van der Waals surface area contributed by atoms with Crippen LogP contribution in [0.3, 0.4) is 0 Å². The average Bonchev–Trinajstić information content (AvgIpc) is 3.36. The molecule has 45 heavy (non-hydrogen) atoms. The Kier molecular flexibility index (Phi) is 11.0. The van der Waals surface area contributed by atoms with Crippen LogP contribution in [-0.4, -0.2) is 73.3 Å². The number of methoxy groups -OCH3 is 2. The van der Waals surface area contributed by atoms with Crippen LogP contribution >= 0.6 is 0 Å². The van der Waals surface area contributed by atoms with Crippen LogP contribution in [0.4, 0.5) is 0 Å². The Bertz CT molecular complexity index is 1620. The lowest BCUT2D eigenvalue weighted by atomic mass is 10.0. The van der Waals surface area contributed by atoms with E-state index in [-0.39, 0.29) is 11.8 Å². The van der Waals surface area contributed by atoms with E-state index >= 15 is 0 Å². The number of aromatic nitrogens is 2. The molecule has 1 aromatic heterocycles. The number of nitrogens with zero attached hydrogens (tertiary/aromatic N) is 4. The zero-order valence-corrected chi connectivity index (χ0v) is 27.2. The first-order chi connectivity index (χ1) is 21.6. The van der Waals surface area contributed by atoms with Gasteiger partial charge in [0, 0.05) is 51.3 Å². The molecule has 0 bridgehead atoms. The van der Waals surface area contributed by atoms with Crippen molar-refractivity contribution < 1.29 is 23.8 Å². The van der Waals surface area contributed by atoms with Gasteiger partial charge in [-0.05, 0) is 73.4 Å². The quantitative estimate of drug-likeness (QED) is 0.128. The molecule has 0 aliphatic carbocycles. The molecule has 4 rings (SSSR count). The van der Waals surface area contributed by atoms with Gasteiger partial charge in [-0.15, -0.1) is 0 Å². The van der Waals surface area contributed by atoms with Gasteiger partial charge in [-0.2, -0.15) is 5.10 Å². The lowest BCUT2D eigenvalue weighted by molar-refractivity contribution is -0.129. The number of para-hydroxylation sites is 1. The first-order valence-corrected chi connectivity index (χ1v) is 15.0. The number of aryl methyl sites for hydroxylation is 1. The molecule has 0 saturated heterocycles. The maximum atomic E-state index is 13.3. The molecule has 0 spiro atoms. The van der Waals surface area contributed by atoms with Gasteiger partial charge in [0.25, 0.3) is 5.91 Å². The SMILES string of the molecule is CCCN(C)C(=O)CCc1c(C)nn(-c2ccccc2)c1Oc1ccc(C(=Cc2cc(OC)cc(OC)c2)C(=O)N(C)C)cc1. The highest BCUT2D eigenvalue weighted by Crippen LogP contribution is 2.33. The van der Waals surface area contributed by atoms with Gasteiger partial charge >= 0.3 is 0 Å². The third kappa shape index (κ3) is 8.12. The zero-order chi connectivity index (χ0) is 32.5. The van der Waals surface area contributed by atoms with Crippen LogP contribution < -0.4 is 14.2 Å². The average molecular weight is 611 g/mol. The Morgan fingerprint density at radius 1 is 0.889 bits per heavy atom. The van der Waals surface area contributed by atoms with Gasteiger partial charge in [-0.3, -0.25) is 9.59 Å². The summed E-state index contributed by atoms with van der Waals surface area (Å²) >= 11 is 0. The highest BCUT2D eigenvalue weighted by Gasteiger charge is 2.21. The first-order valence-electron chi connectivity index (χ1n) is 15.0. The number of carbonyl (C=O) groups excluding carboxylic acids is 2. The summed E-state index contributed by atoms with van der Waals surface area (Å²) in [5.41, 5.74) is 4.51. The molecule has 0 fully saturated rings. The predicted octanol–water partition coefficient (Wildman–Crippen LogP) is 6.42. The fourth-order valence-electron chi connectivity index (χ4n) is 4.96. The van der Waals surface area contributed by atoms with Crippen LogP contribution in [0, 0.1) is 6.92 Å². The fraction of sp³-hybridized carbons (Fsp3) is 0.306. The minimum absolute atomic E-state index is 0.0811. The monoisotopic (exact) mass is 610 g/mol. The van der Waals surface area contributed by atoms with Crippen molar-refractivity contribution >= 4 is 23.5 Å². The lowest BCUT2D eigenvalue weighted by Gasteiger charge is -2.17. The molecular weight excluding hydrogens is 568 g/mol. The Hall–Kier alpha value is -5.05. The summed E-state index contributed by atoms with van der Waals surface area (Å²) in [7, 11) is 8.45. The molecule has 1 heterocycles. The van der Waals surface area contributed by atoms with Crippen LogP contribution in [0.5, 0.6) is 23.1 Å². The van der Waals surface area contributed by atoms with Crippen molar-refractivity contribution in [3.8, 4) is 28.8 Å². The number of benzene rings is 3. The third-order valence-electron chi connectivity index (χ3n) is 7.41. The smallest absolute Gasteiger partial charge is 0.253 e. The van der Waals surface area contributed by atoms with Gasteiger partial charge in [0.2, 0.25) is 11.8 Å². The second-order valence-electron chi connectivity index (χ2n) is 11.0. The molecule has 2 amide bonds.